The van der Waals surface area contributed by atoms with Gasteiger partial charge >= 0.3 is 5.97 Å². The lowest BCUT2D eigenvalue weighted by Gasteiger charge is -2.35. The molecule has 1 heterocycles. The topological polar surface area (TPSA) is 95.5 Å². The highest BCUT2D eigenvalue weighted by atomic mass is 32.2. The summed E-state index contributed by atoms with van der Waals surface area (Å²) in [6, 6.07) is 0. The van der Waals surface area contributed by atoms with Gasteiger partial charge in [-0.25, -0.2) is 13.1 Å². The standard InChI is InChI=1S/C9H18N2O4S/c1-7(8(12)13)16(14,15)11-9(2)3-5-10-6-4-9/h7,10-11H,3-6H2,1-2H3,(H,12,13). The Hall–Kier alpha value is -0.660. The quantitative estimate of drug-likeness (QED) is 0.626. The molecule has 1 aliphatic rings. The first kappa shape index (κ1) is 13.4. The van der Waals surface area contributed by atoms with Crippen molar-refractivity contribution in [1.29, 1.82) is 0 Å². The molecule has 0 aromatic rings. The minimum atomic E-state index is -3.79. The highest BCUT2D eigenvalue weighted by molar-refractivity contribution is 7.90. The van der Waals surface area contributed by atoms with Gasteiger partial charge in [-0.1, -0.05) is 0 Å². The summed E-state index contributed by atoms with van der Waals surface area (Å²) in [4.78, 5) is 10.7. The van der Waals surface area contributed by atoms with Crippen LogP contribution in [0.25, 0.3) is 0 Å². The van der Waals surface area contributed by atoms with Crippen LogP contribution in [-0.2, 0) is 14.8 Å². The van der Waals surface area contributed by atoms with Crippen LogP contribution in [-0.4, -0.2) is 43.4 Å². The van der Waals surface area contributed by atoms with Gasteiger partial charge in [0, 0.05) is 5.54 Å². The SMILES string of the molecule is CC(C(=O)O)S(=O)(=O)NC1(C)CCNCC1. The third-order valence-electron chi connectivity index (χ3n) is 2.91. The van der Waals surface area contributed by atoms with Crippen molar-refractivity contribution >= 4 is 16.0 Å². The second-order valence-corrected chi connectivity index (χ2v) is 6.44. The van der Waals surface area contributed by atoms with Crippen molar-refractivity contribution < 1.29 is 18.3 Å². The van der Waals surface area contributed by atoms with E-state index >= 15 is 0 Å². The molecule has 3 N–H and O–H groups in total. The van der Waals surface area contributed by atoms with E-state index in [1.807, 2.05) is 0 Å². The molecule has 0 radical (unpaired) electrons. The number of piperidine rings is 1. The number of hydrogen-bond donors (Lipinski definition) is 3. The molecular weight excluding hydrogens is 232 g/mol. The largest absolute Gasteiger partial charge is 0.480 e. The molecule has 0 spiro atoms. The van der Waals surface area contributed by atoms with Crippen molar-refractivity contribution in [3.05, 3.63) is 0 Å². The summed E-state index contributed by atoms with van der Waals surface area (Å²) in [5.74, 6) is -1.33. The fraction of sp³-hybridized carbons (Fsp3) is 0.889. The minimum Gasteiger partial charge on any atom is -0.480 e. The number of nitrogens with one attached hydrogen (secondary N) is 2. The summed E-state index contributed by atoms with van der Waals surface area (Å²) < 4.78 is 26.0. The molecule has 0 bridgehead atoms. The van der Waals surface area contributed by atoms with Crippen LogP contribution in [0.5, 0.6) is 0 Å². The molecule has 0 saturated carbocycles. The molecule has 1 atom stereocenters. The molecule has 1 saturated heterocycles. The lowest BCUT2D eigenvalue weighted by molar-refractivity contribution is -0.136. The molecule has 1 aliphatic heterocycles. The van der Waals surface area contributed by atoms with Gasteiger partial charge in [-0.05, 0) is 39.8 Å². The molecule has 0 aromatic carbocycles. The number of hydrogen-bond acceptors (Lipinski definition) is 4. The monoisotopic (exact) mass is 250 g/mol. The number of sulfonamides is 1. The zero-order chi connectivity index (χ0) is 12.4. The fourth-order valence-corrected chi connectivity index (χ4v) is 2.98. The van der Waals surface area contributed by atoms with E-state index in [-0.39, 0.29) is 0 Å². The first-order chi connectivity index (χ1) is 7.27. The fourth-order valence-electron chi connectivity index (χ4n) is 1.65. The van der Waals surface area contributed by atoms with Gasteiger partial charge in [0.25, 0.3) is 0 Å². The number of carbonyl (C=O) groups is 1. The van der Waals surface area contributed by atoms with E-state index in [0.29, 0.717) is 12.8 Å². The summed E-state index contributed by atoms with van der Waals surface area (Å²) in [6.07, 6.45) is 1.33. The van der Waals surface area contributed by atoms with Gasteiger partial charge in [-0.2, -0.15) is 0 Å². The molecule has 94 valence electrons. The summed E-state index contributed by atoms with van der Waals surface area (Å²) in [5, 5.41) is 10.4. The molecule has 0 aromatic heterocycles. The zero-order valence-corrected chi connectivity index (χ0v) is 10.3. The predicted molar refractivity (Wildman–Crippen MR) is 59.7 cm³/mol. The molecule has 1 fully saturated rings. The number of rotatable bonds is 4. The lowest BCUT2D eigenvalue weighted by Crippen LogP contribution is -2.54. The molecule has 6 nitrogen and oxygen atoms in total. The number of carboxylic acids is 1. The average Bonchev–Trinajstić information content (AvgIpc) is 2.15. The Morgan fingerprint density at radius 2 is 1.94 bits per heavy atom. The molecule has 0 aliphatic carbocycles. The highest BCUT2D eigenvalue weighted by Gasteiger charge is 2.36. The van der Waals surface area contributed by atoms with E-state index in [4.69, 9.17) is 5.11 Å². The zero-order valence-electron chi connectivity index (χ0n) is 9.49. The van der Waals surface area contributed by atoms with Gasteiger partial charge in [-0.15, -0.1) is 0 Å². The molecule has 7 heteroatoms. The van der Waals surface area contributed by atoms with Gasteiger partial charge in [0.1, 0.15) is 0 Å². The molecule has 1 unspecified atom stereocenters. The minimum absolute atomic E-state index is 0.534. The van der Waals surface area contributed by atoms with Crippen molar-refractivity contribution in [1.82, 2.24) is 10.0 Å². The maximum absolute atomic E-state index is 11.7. The van der Waals surface area contributed by atoms with Crippen molar-refractivity contribution in [2.24, 2.45) is 0 Å². The summed E-state index contributed by atoms with van der Waals surface area (Å²) in [6.45, 7) is 4.45. The van der Waals surface area contributed by atoms with Gasteiger partial charge in [0.15, 0.2) is 5.25 Å². The smallest absolute Gasteiger partial charge is 0.323 e. The van der Waals surface area contributed by atoms with Crippen LogP contribution in [0.3, 0.4) is 0 Å². The van der Waals surface area contributed by atoms with Gasteiger partial charge in [0.05, 0.1) is 0 Å². The maximum Gasteiger partial charge on any atom is 0.323 e. The lowest BCUT2D eigenvalue weighted by atomic mass is 9.92. The second-order valence-electron chi connectivity index (χ2n) is 4.44. The molecule has 16 heavy (non-hydrogen) atoms. The third kappa shape index (κ3) is 3.16. The highest BCUT2D eigenvalue weighted by Crippen LogP contribution is 2.19. The van der Waals surface area contributed by atoms with Gasteiger partial charge < -0.3 is 10.4 Å². The Bertz CT molecular complexity index is 360. The Morgan fingerprint density at radius 3 is 2.38 bits per heavy atom. The van der Waals surface area contributed by atoms with E-state index in [0.717, 1.165) is 13.1 Å². The van der Waals surface area contributed by atoms with E-state index in [1.54, 1.807) is 6.92 Å². The van der Waals surface area contributed by atoms with E-state index in [1.165, 1.54) is 6.92 Å². The van der Waals surface area contributed by atoms with Crippen molar-refractivity contribution in [2.45, 2.75) is 37.5 Å². The normalized spacial score (nSPS) is 22.6. The van der Waals surface area contributed by atoms with Gasteiger partial charge in [-0.3, -0.25) is 4.79 Å². The Morgan fingerprint density at radius 1 is 1.44 bits per heavy atom. The van der Waals surface area contributed by atoms with E-state index in [2.05, 4.69) is 10.0 Å². The van der Waals surface area contributed by atoms with Crippen LogP contribution in [0.2, 0.25) is 0 Å². The average molecular weight is 250 g/mol. The summed E-state index contributed by atoms with van der Waals surface area (Å²) in [5.41, 5.74) is -0.534. The van der Waals surface area contributed by atoms with Crippen LogP contribution >= 0.6 is 0 Å². The van der Waals surface area contributed by atoms with Crippen molar-refractivity contribution in [3.63, 3.8) is 0 Å². The van der Waals surface area contributed by atoms with Crippen molar-refractivity contribution in [2.75, 3.05) is 13.1 Å². The Balaban J connectivity index is 2.75. The molecule has 1 rings (SSSR count). The Kier molecular flexibility index (Phi) is 3.92. The maximum atomic E-state index is 11.7. The first-order valence-corrected chi connectivity index (χ1v) is 6.78. The van der Waals surface area contributed by atoms with Gasteiger partial charge in [0.2, 0.25) is 10.0 Å². The van der Waals surface area contributed by atoms with Crippen LogP contribution in [0.1, 0.15) is 26.7 Å². The second kappa shape index (κ2) is 4.68. The number of aliphatic carboxylic acids is 1. The Labute approximate surface area is 95.5 Å². The third-order valence-corrected chi connectivity index (χ3v) is 4.82. The summed E-state index contributed by atoms with van der Waals surface area (Å²) in [7, 11) is -3.79. The van der Waals surface area contributed by atoms with Crippen LogP contribution in [0, 0.1) is 0 Å². The van der Waals surface area contributed by atoms with Crippen LogP contribution < -0.4 is 10.0 Å². The van der Waals surface area contributed by atoms with E-state index in [9.17, 15) is 13.2 Å². The number of carboxylic acid groups (broad SMARTS) is 1. The molecule has 0 amide bonds. The molecular formula is C9H18N2O4S. The predicted octanol–water partition coefficient (Wildman–Crippen LogP) is -0.479. The first-order valence-electron chi connectivity index (χ1n) is 5.23. The van der Waals surface area contributed by atoms with Crippen LogP contribution in [0.4, 0.5) is 0 Å². The summed E-state index contributed by atoms with van der Waals surface area (Å²) >= 11 is 0. The van der Waals surface area contributed by atoms with E-state index < -0.39 is 26.8 Å². The van der Waals surface area contributed by atoms with Crippen LogP contribution in [0.15, 0.2) is 0 Å². The van der Waals surface area contributed by atoms with Crippen molar-refractivity contribution in [3.8, 4) is 0 Å².